The van der Waals surface area contributed by atoms with Gasteiger partial charge in [-0.1, -0.05) is 15.9 Å². The van der Waals surface area contributed by atoms with Crippen LogP contribution in [0.5, 0.6) is 5.75 Å². The summed E-state index contributed by atoms with van der Waals surface area (Å²) in [5.74, 6) is 1.78. The zero-order valence-corrected chi connectivity index (χ0v) is 10.9. The molecule has 84 valence electrons. The average Bonchev–Trinajstić information content (AvgIpc) is 2.18. The van der Waals surface area contributed by atoms with Crippen molar-refractivity contribution in [3.8, 4) is 5.75 Å². The van der Waals surface area contributed by atoms with E-state index in [2.05, 4.69) is 15.9 Å². The third-order valence-electron chi connectivity index (χ3n) is 1.90. The van der Waals surface area contributed by atoms with Crippen LogP contribution in [0.2, 0.25) is 0 Å². The molecule has 0 spiro atoms. The zero-order chi connectivity index (χ0) is 11.3. The summed E-state index contributed by atoms with van der Waals surface area (Å²) in [7, 11) is 0.693. The van der Waals surface area contributed by atoms with E-state index in [9.17, 15) is 4.21 Å². The molecule has 0 saturated carbocycles. The fourth-order valence-corrected chi connectivity index (χ4v) is 2.63. The molecular weight excluding hydrogens is 278 g/mol. The molecule has 5 heteroatoms. The predicted octanol–water partition coefficient (Wildman–Crippen LogP) is 1.67. The third kappa shape index (κ3) is 3.93. The highest BCUT2D eigenvalue weighted by atomic mass is 79.9. The molecule has 0 aliphatic carbocycles. The number of benzene rings is 1. The SMILES string of the molecule is COc1ccc(Br)cc1CS(=O)CCN. The van der Waals surface area contributed by atoms with E-state index in [1.165, 1.54) is 0 Å². The minimum absolute atomic E-state index is 0.447. The molecule has 0 aliphatic heterocycles. The van der Waals surface area contributed by atoms with E-state index in [-0.39, 0.29) is 0 Å². The topological polar surface area (TPSA) is 52.3 Å². The minimum Gasteiger partial charge on any atom is -0.496 e. The lowest BCUT2D eigenvalue weighted by atomic mass is 10.2. The molecule has 3 nitrogen and oxygen atoms in total. The molecule has 1 atom stereocenters. The average molecular weight is 292 g/mol. The van der Waals surface area contributed by atoms with Crippen LogP contribution >= 0.6 is 15.9 Å². The molecule has 15 heavy (non-hydrogen) atoms. The Morgan fingerprint density at radius 1 is 1.53 bits per heavy atom. The number of hydrogen-bond acceptors (Lipinski definition) is 3. The normalized spacial score (nSPS) is 12.5. The molecule has 1 unspecified atom stereocenters. The van der Waals surface area contributed by atoms with Crippen LogP contribution in [-0.4, -0.2) is 23.6 Å². The first-order chi connectivity index (χ1) is 7.17. The standard InChI is InChI=1S/C10H14BrNO2S/c1-14-10-3-2-9(11)6-8(10)7-15(13)5-4-12/h2-3,6H,4-5,7,12H2,1H3. The summed E-state index contributed by atoms with van der Waals surface area (Å²) in [6.07, 6.45) is 0. The van der Waals surface area contributed by atoms with Gasteiger partial charge in [-0.2, -0.15) is 0 Å². The number of methoxy groups -OCH3 is 1. The van der Waals surface area contributed by atoms with E-state index in [4.69, 9.17) is 10.5 Å². The van der Waals surface area contributed by atoms with Crippen molar-refractivity contribution in [1.29, 1.82) is 0 Å². The van der Waals surface area contributed by atoms with Gasteiger partial charge in [0.2, 0.25) is 0 Å². The first-order valence-electron chi connectivity index (χ1n) is 4.55. The van der Waals surface area contributed by atoms with E-state index in [1.54, 1.807) is 7.11 Å². The second-order valence-corrected chi connectivity index (χ2v) is 5.53. The van der Waals surface area contributed by atoms with Crippen LogP contribution < -0.4 is 10.5 Å². The van der Waals surface area contributed by atoms with Crippen LogP contribution in [0.25, 0.3) is 0 Å². The van der Waals surface area contributed by atoms with Crippen molar-refractivity contribution in [2.75, 3.05) is 19.4 Å². The molecular formula is C10H14BrNO2S. The van der Waals surface area contributed by atoms with Gasteiger partial charge in [0.15, 0.2) is 0 Å². The summed E-state index contributed by atoms with van der Waals surface area (Å²) in [4.78, 5) is 0. The summed E-state index contributed by atoms with van der Waals surface area (Å²) in [6, 6.07) is 5.68. The fraction of sp³-hybridized carbons (Fsp3) is 0.400. The summed E-state index contributed by atoms with van der Waals surface area (Å²) >= 11 is 3.38. The zero-order valence-electron chi connectivity index (χ0n) is 8.53. The maximum Gasteiger partial charge on any atom is 0.123 e. The van der Waals surface area contributed by atoms with Crippen molar-refractivity contribution >= 4 is 26.7 Å². The number of ether oxygens (including phenoxy) is 1. The lowest BCUT2D eigenvalue weighted by molar-refractivity contribution is 0.411. The molecule has 0 heterocycles. The Balaban J connectivity index is 2.82. The number of hydrogen-bond donors (Lipinski definition) is 1. The van der Waals surface area contributed by atoms with E-state index >= 15 is 0 Å². The van der Waals surface area contributed by atoms with Crippen LogP contribution in [0.1, 0.15) is 5.56 Å². The molecule has 0 saturated heterocycles. The second kappa shape index (κ2) is 6.25. The Bertz CT molecular complexity index is 357. The van der Waals surface area contributed by atoms with Gasteiger partial charge >= 0.3 is 0 Å². The van der Waals surface area contributed by atoms with Gasteiger partial charge in [-0.15, -0.1) is 0 Å². The Morgan fingerprint density at radius 2 is 2.27 bits per heavy atom. The summed E-state index contributed by atoms with van der Waals surface area (Å²) in [6.45, 7) is 0.447. The van der Waals surface area contributed by atoms with Crippen LogP contribution in [0.3, 0.4) is 0 Å². The molecule has 0 aromatic heterocycles. The van der Waals surface area contributed by atoms with Gasteiger partial charge in [-0.25, -0.2) is 0 Å². The van der Waals surface area contributed by atoms with Gasteiger partial charge in [-0.3, -0.25) is 4.21 Å². The first-order valence-corrected chi connectivity index (χ1v) is 6.83. The van der Waals surface area contributed by atoms with Crippen molar-refractivity contribution in [3.05, 3.63) is 28.2 Å². The van der Waals surface area contributed by atoms with Crippen molar-refractivity contribution in [2.45, 2.75) is 5.75 Å². The number of halogens is 1. The molecule has 0 amide bonds. The lowest BCUT2D eigenvalue weighted by Crippen LogP contribution is -2.11. The molecule has 0 bridgehead atoms. The van der Waals surface area contributed by atoms with E-state index in [1.807, 2.05) is 18.2 Å². The molecule has 1 aromatic carbocycles. The predicted molar refractivity (Wildman–Crippen MR) is 66.5 cm³/mol. The van der Waals surface area contributed by atoms with Crippen LogP contribution in [0.4, 0.5) is 0 Å². The van der Waals surface area contributed by atoms with Gasteiger partial charge < -0.3 is 10.5 Å². The van der Waals surface area contributed by atoms with Gasteiger partial charge in [0.05, 0.1) is 12.9 Å². The lowest BCUT2D eigenvalue weighted by Gasteiger charge is -2.08. The fourth-order valence-electron chi connectivity index (χ4n) is 1.24. The first kappa shape index (κ1) is 12.7. The van der Waals surface area contributed by atoms with E-state index in [0.717, 1.165) is 15.8 Å². The Kier molecular flexibility index (Phi) is 5.28. The van der Waals surface area contributed by atoms with Gasteiger partial charge in [-0.05, 0) is 18.2 Å². The molecule has 0 fully saturated rings. The highest BCUT2D eigenvalue weighted by Crippen LogP contribution is 2.24. The Morgan fingerprint density at radius 3 is 2.87 bits per heavy atom. The molecule has 0 aliphatic rings. The smallest absolute Gasteiger partial charge is 0.123 e. The monoisotopic (exact) mass is 291 g/mol. The molecule has 0 radical (unpaired) electrons. The van der Waals surface area contributed by atoms with Gasteiger partial charge in [0.25, 0.3) is 0 Å². The molecule has 1 rings (SSSR count). The van der Waals surface area contributed by atoms with Crippen molar-refractivity contribution in [1.82, 2.24) is 0 Å². The Labute approximate surface area is 101 Å². The number of nitrogens with two attached hydrogens (primary N) is 1. The highest BCUT2D eigenvalue weighted by Gasteiger charge is 2.07. The number of rotatable bonds is 5. The maximum absolute atomic E-state index is 11.6. The van der Waals surface area contributed by atoms with Crippen molar-refractivity contribution < 1.29 is 8.95 Å². The third-order valence-corrected chi connectivity index (χ3v) is 3.72. The van der Waals surface area contributed by atoms with Gasteiger partial charge in [0, 0.05) is 33.1 Å². The quantitative estimate of drug-likeness (QED) is 0.898. The van der Waals surface area contributed by atoms with E-state index < -0.39 is 10.8 Å². The summed E-state index contributed by atoms with van der Waals surface area (Å²) in [5.41, 5.74) is 6.29. The van der Waals surface area contributed by atoms with E-state index in [0.29, 0.717) is 18.1 Å². The largest absolute Gasteiger partial charge is 0.496 e. The van der Waals surface area contributed by atoms with Crippen molar-refractivity contribution in [2.24, 2.45) is 5.73 Å². The van der Waals surface area contributed by atoms with Crippen molar-refractivity contribution in [3.63, 3.8) is 0 Å². The second-order valence-electron chi connectivity index (χ2n) is 3.03. The molecule has 1 aromatic rings. The highest BCUT2D eigenvalue weighted by molar-refractivity contribution is 9.10. The maximum atomic E-state index is 11.6. The minimum atomic E-state index is -0.917. The summed E-state index contributed by atoms with van der Waals surface area (Å²) in [5, 5.41) is 0. The molecule has 2 N–H and O–H groups in total. The summed E-state index contributed by atoms with van der Waals surface area (Å²) < 4.78 is 17.7. The van der Waals surface area contributed by atoms with Crippen LogP contribution in [0.15, 0.2) is 22.7 Å². The van der Waals surface area contributed by atoms with Gasteiger partial charge in [0.1, 0.15) is 5.75 Å². The Hall–Kier alpha value is -0.390. The van der Waals surface area contributed by atoms with Crippen LogP contribution in [0, 0.1) is 0 Å². The van der Waals surface area contributed by atoms with Crippen LogP contribution in [-0.2, 0) is 16.6 Å².